The van der Waals surface area contributed by atoms with Crippen LogP contribution in [0.3, 0.4) is 0 Å². The molecule has 2 aromatic carbocycles. The second-order valence-electron chi connectivity index (χ2n) is 10.4. The van der Waals surface area contributed by atoms with Crippen molar-refractivity contribution >= 4 is 23.1 Å². The summed E-state index contributed by atoms with van der Waals surface area (Å²) in [6.07, 6.45) is 5.94. The van der Waals surface area contributed by atoms with Gasteiger partial charge in [-0.3, -0.25) is 9.20 Å². The fourth-order valence-corrected chi connectivity index (χ4v) is 4.37. The van der Waals surface area contributed by atoms with E-state index in [1.807, 2.05) is 55.2 Å². The van der Waals surface area contributed by atoms with Gasteiger partial charge in [-0.15, -0.1) is 0 Å². The molecule has 8 nitrogen and oxygen atoms in total. The smallest absolute Gasteiger partial charge is 0.248 e. The number of hydrogen-bond donors (Lipinski definition) is 3. The van der Waals surface area contributed by atoms with Crippen molar-refractivity contribution in [3.8, 4) is 22.5 Å². The van der Waals surface area contributed by atoms with Crippen molar-refractivity contribution in [2.24, 2.45) is 5.73 Å². The highest BCUT2D eigenvalue weighted by atomic mass is 16.3. The van der Waals surface area contributed by atoms with E-state index in [9.17, 15) is 9.90 Å². The van der Waals surface area contributed by atoms with Crippen LogP contribution in [0.4, 0.5) is 11.5 Å². The SMILES string of the molecule is CN(C)c1ccc(-c2cn3c(-c4ccc(C(N)=O)c(C5CC5)c4)cnc3c(NCC(C)(C)O)n2)cc1. The molecule has 0 saturated heterocycles. The van der Waals surface area contributed by atoms with Gasteiger partial charge in [-0.2, -0.15) is 0 Å². The average molecular weight is 485 g/mol. The Morgan fingerprint density at radius 1 is 1.17 bits per heavy atom. The van der Waals surface area contributed by atoms with E-state index in [0.29, 0.717) is 29.5 Å². The third-order valence-electron chi connectivity index (χ3n) is 6.49. The van der Waals surface area contributed by atoms with Gasteiger partial charge in [0.15, 0.2) is 11.5 Å². The quantitative estimate of drug-likeness (QED) is 0.344. The molecule has 0 bridgehead atoms. The number of amides is 1. The van der Waals surface area contributed by atoms with Crippen LogP contribution in [0, 0.1) is 0 Å². The van der Waals surface area contributed by atoms with Crippen LogP contribution in [-0.2, 0) is 0 Å². The number of hydrogen-bond acceptors (Lipinski definition) is 6. The van der Waals surface area contributed by atoms with Crippen molar-refractivity contribution in [3.63, 3.8) is 0 Å². The lowest BCUT2D eigenvalue weighted by Gasteiger charge is -2.19. The molecule has 0 radical (unpaired) electrons. The van der Waals surface area contributed by atoms with E-state index in [1.165, 1.54) is 0 Å². The van der Waals surface area contributed by atoms with Crippen LogP contribution in [0.2, 0.25) is 0 Å². The lowest BCUT2D eigenvalue weighted by Crippen LogP contribution is -2.29. The summed E-state index contributed by atoms with van der Waals surface area (Å²) in [6, 6.07) is 14.0. The van der Waals surface area contributed by atoms with E-state index < -0.39 is 11.5 Å². The lowest BCUT2D eigenvalue weighted by atomic mass is 9.98. The predicted molar refractivity (Wildman–Crippen MR) is 143 cm³/mol. The number of rotatable bonds is 8. The molecular weight excluding hydrogens is 452 g/mol. The standard InChI is InChI=1S/C28H32N6O2/c1-28(2,36)16-31-26-27-30-14-24(19-9-12-21(25(29)35)22(13-19)17-5-6-17)34(27)15-23(32-26)18-7-10-20(11-8-18)33(3)4/h7-15,17,36H,5-6,16H2,1-4H3,(H2,29,35)(H,31,32). The first-order chi connectivity index (χ1) is 17.1. The van der Waals surface area contributed by atoms with Crippen LogP contribution in [-0.4, -0.2) is 51.6 Å². The monoisotopic (exact) mass is 484 g/mol. The third kappa shape index (κ3) is 4.77. The third-order valence-corrected chi connectivity index (χ3v) is 6.49. The van der Waals surface area contributed by atoms with Crippen molar-refractivity contribution < 1.29 is 9.90 Å². The van der Waals surface area contributed by atoms with Crippen LogP contribution < -0.4 is 16.0 Å². The molecule has 1 saturated carbocycles. The van der Waals surface area contributed by atoms with E-state index in [2.05, 4.69) is 33.4 Å². The van der Waals surface area contributed by atoms with Gasteiger partial charge in [-0.1, -0.05) is 18.2 Å². The Hall–Kier alpha value is -3.91. The molecule has 1 fully saturated rings. The number of anilines is 2. The Morgan fingerprint density at radius 3 is 2.47 bits per heavy atom. The zero-order valence-corrected chi connectivity index (χ0v) is 21.1. The number of imidazole rings is 1. The second-order valence-corrected chi connectivity index (χ2v) is 10.4. The van der Waals surface area contributed by atoms with Gasteiger partial charge in [-0.25, -0.2) is 9.97 Å². The minimum Gasteiger partial charge on any atom is -0.389 e. The Labute approximate surface area is 210 Å². The lowest BCUT2D eigenvalue weighted by molar-refractivity contribution is 0.0943. The molecule has 4 aromatic rings. The molecule has 1 amide bonds. The highest BCUT2D eigenvalue weighted by Crippen LogP contribution is 2.43. The summed E-state index contributed by atoms with van der Waals surface area (Å²) in [5, 5.41) is 13.6. The molecule has 0 spiro atoms. The zero-order chi connectivity index (χ0) is 25.6. The molecule has 1 aliphatic rings. The number of primary amides is 1. The van der Waals surface area contributed by atoms with Crippen molar-refractivity contribution in [2.75, 3.05) is 30.9 Å². The fourth-order valence-electron chi connectivity index (χ4n) is 4.37. The van der Waals surface area contributed by atoms with Crippen molar-refractivity contribution in [2.45, 2.75) is 38.2 Å². The molecule has 36 heavy (non-hydrogen) atoms. The van der Waals surface area contributed by atoms with E-state index in [1.54, 1.807) is 13.8 Å². The summed E-state index contributed by atoms with van der Waals surface area (Å²) in [4.78, 5) is 23.6. The molecule has 2 aromatic heterocycles. The molecule has 0 aliphatic heterocycles. The average Bonchev–Trinajstić information content (AvgIpc) is 3.60. The molecule has 2 heterocycles. The first-order valence-corrected chi connectivity index (χ1v) is 12.2. The first kappa shape index (κ1) is 23.8. The number of carbonyl (C=O) groups is 1. The number of aliphatic hydroxyl groups is 1. The fraction of sp³-hybridized carbons (Fsp3) is 0.321. The zero-order valence-electron chi connectivity index (χ0n) is 21.1. The maximum absolute atomic E-state index is 12.0. The molecule has 4 N–H and O–H groups in total. The van der Waals surface area contributed by atoms with Crippen molar-refractivity contribution in [1.29, 1.82) is 0 Å². The van der Waals surface area contributed by atoms with E-state index in [-0.39, 0.29) is 0 Å². The van der Waals surface area contributed by atoms with Gasteiger partial charge >= 0.3 is 0 Å². The topological polar surface area (TPSA) is 109 Å². The molecule has 1 aliphatic carbocycles. The van der Waals surface area contributed by atoms with Gasteiger partial charge < -0.3 is 21.1 Å². The minimum atomic E-state index is -0.915. The van der Waals surface area contributed by atoms with E-state index >= 15 is 0 Å². The largest absolute Gasteiger partial charge is 0.389 e. The van der Waals surface area contributed by atoms with Gasteiger partial charge in [0.1, 0.15) is 0 Å². The maximum Gasteiger partial charge on any atom is 0.248 e. The van der Waals surface area contributed by atoms with E-state index in [4.69, 9.17) is 10.7 Å². The predicted octanol–water partition coefficient (Wildman–Crippen LogP) is 4.29. The van der Waals surface area contributed by atoms with Crippen LogP contribution in [0.25, 0.3) is 28.2 Å². The maximum atomic E-state index is 12.0. The number of nitrogens with two attached hydrogens (primary N) is 1. The molecule has 5 rings (SSSR count). The summed E-state index contributed by atoms with van der Waals surface area (Å²) < 4.78 is 2.02. The Bertz CT molecular complexity index is 1430. The van der Waals surface area contributed by atoms with Crippen LogP contribution in [0.15, 0.2) is 54.9 Å². The first-order valence-electron chi connectivity index (χ1n) is 12.2. The van der Waals surface area contributed by atoms with Gasteiger partial charge in [0.05, 0.1) is 23.2 Å². The van der Waals surface area contributed by atoms with Gasteiger partial charge in [0, 0.05) is 49.2 Å². The number of fused-ring (bicyclic) bond motifs is 1. The normalized spacial score (nSPS) is 13.7. The highest BCUT2D eigenvalue weighted by molar-refractivity contribution is 5.95. The number of carbonyl (C=O) groups excluding carboxylic acids is 1. The molecule has 8 heteroatoms. The van der Waals surface area contributed by atoms with Crippen LogP contribution in [0.1, 0.15) is 48.5 Å². The number of aromatic nitrogens is 3. The Balaban J connectivity index is 1.64. The van der Waals surface area contributed by atoms with Gasteiger partial charge in [0.25, 0.3) is 0 Å². The van der Waals surface area contributed by atoms with Crippen LogP contribution in [0.5, 0.6) is 0 Å². The number of nitrogens with zero attached hydrogens (tertiary/aromatic N) is 4. The van der Waals surface area contributed by atoms with Gasteiger partial charge in [-0.05, 0) is 62.4 Å². The number of nitrogens with one attached hydrogen (secondary N) is 1. The molecule has 186 valence electrons. The number of benzene rings is 2. The molecule has 0 atom stereocenters. The molecular formula is C28H32N6O2. The molecule has 0 unspecified atom stereocenters. The summed E-state index contributed by atoms with van der Waals surface area (Å²) in [5.41, 5.74) is 11.7. The Kier molecular flexibility index (Phi) is 5.92. The van der Waals surface area contributed by atoms with Crippen LogP contribution >= 0.6 is 0 Å². The minimum absolute atomic E-state index is 0.319. The van der Waals surface area contributed by atoms with Crippen molar-refractivity contribution in [3.05, 3.63) is 66.0 Å². The summed E-state index contributed by atoms with van der Waals surface area (Å²) in [6.45, 7) is 3.81. The summed E-state index contributed by atoms with van der Waals surface area (Å²) in [5.74, 6) is 0.573. The second kappa shape index (κ2) is 8.95. The highest BCUT2D eigenvalue weighted by Gasteiger charge is 2.28. The summed E-state index contributed by atoms with van der Waals surface area (Å²) in [7, 11) is 4.02. The van der Waals surface area contributed by atoms with E-state index in [0.717, 1.165) is 46.6 Å². The van der Waals surface area contributed by atoms with Gasteiger partial charge in [0.2, 0.25) is 5.91 Å². The summed E-state index contributed by atoms with van der Waals surface area (Å²) >= 11 is 0. The van der Waals surface area contributed by atoms with Crippen molar-refractivity contribution in [1.82, 2.24) is 14.4 Å². The Morgan fingerprint density at radius 2 is 1.86 bits per heavy atom.